The summed E-state index contributed by atoms with van der Waals surface area (Å²) in [5.41, 5.74) is 3.75. The molecule has 0 saturated heterocycles. The molecule has 0 radical (unpaired) electrons. The molecule has 24 heavy (non-hydrogen) atoms. The van der Waals surface area contributed by atoms with E-state index in [9.17, 15) is 0 Å². The summed E-state index contributed by atoms with van der Waals surface area (Å²) in [6, 6.07) is 27.9. The number of rotatable bonds is 4. The highest BCUT2D eigenvalue weighted by atomic mass is 32.2. The molecule has 3 heteroatoms. The zero-order valence-electron chi connectivity index (χ0n) is 13.3. The van der Waals surface area contributed by atoms with Crippen LogP contribution in [0, 0.1) is 0 Å². The number of aromatic nitrogens is 1. The zero-order valence-corrected chi connectivity index (χ0v) is 15.0. The Labute approximate surface area is 150 Å². The maximum atomic E-state index is 3.52. The Morgan fingerprint density at radius 2 is 1.38 bits per heavy atom. The zero-order chi connectivity index (χ0) is 16.4. The lowest BCUT2D eigenvalue weighted by Gasteiger charge is -2.06. The molecule has 0 spiro atoms. The number of benzene rings is 3. The average molecular weight is 348 g/mol. The second-order valence-electron chi connectivity index (χ2n) is 5.52. The van der Waals surface area contributed by atoms with E-state index in [0.29, 0.717) is 0 Å². The Morgan fingerprint density at radius 1 is 0.708 bits per heavy atom. The molecular formula is C21H17NS2. The van der Waals surface area contributed by atoms with Crippen molar-refractivity contribution in [2.75, 3.05) is 6.26 Å². The molecule has 4 aromatic rings. The van der Waals surface area contributed by atoms with Crippen molar-refractivity contribution >= 4 is 34.4 Å². The summed E-state index contributed by atoms with van der Waals surface area (Å²) >= 11 is 3.56. The predicted octanol–water partition coefficient (Wildman–Crippen LogP) is 6.71. The van der Waals surface area contributed by atoms with Crippen molar-refractivity contribution in [3.8, 4) is 11.1 Å². The van der Waals surface area contributed by atoms with E-state index < -0.39 is 0 Å². The van der Waals surface area contributed by atoms with Gasteiger partial charge in [-0.15, -0.1) is 11.8 Å². The van der Waals surface area contributed by atoms with E-state index in [1.165, 1.54) is 36.8 Å². The molecule has 0 unspecified atom stereocenters. The summed E-state index contributed by atoms with van der Waals surface area (Å²) in [4.78, 5) is 6.05. The summed E-state index contributed by atoms with van der Waals surface area (Å²) < 4.78 is 0. The molecule has 0 saturated carbocycles. The third-order valence-corrected chi connectivity index (χ3v) is 5.73. The van der Waals surface area contributed by atoms with Crippen molar-refractivity contribution in [2.45, 2.75) is 14.8 Å². The van der Waals surface area contributed by atoms with Crippen LogP contribution in [0.2, 0.25) is 0 Å². The summed E-state index contributed by atoms with van der Waals surface area (Å²) in [6.45, 7) is 0. The first-order valence-electron chi connectivity index (χ1n) is 7.83. The lowest BCUT2D eigenvalue weighted by atomic mass is 10.1. The molecule has 3 aromatic carbocycles. The second kappa shape index (κ2) is 6.80. The molecule has 1 N–H and O–H groups in total. The minimum Gasteiger partial charge on any atom is -0.349 e. The van der Waals surface area contributed by atoms with E-state index in [0.717, 1.165) is 0 Å². The molecule has 0 aliphatic heterocycles. The third-order valence-electron chi connectivity index (χ3n) is 4.00. The van der Waals surface area contributed by atoms with Gasteiger partial charge in [0.05, 0.1) is 5.03 Å². The number of aromatic amines is 1. The van der Waals surface area contributed by atoms with E-state index in [1.54, 1.807) is 23.5 Å². The van der Waals surface area contributed by atoms with E-state index >= 15 is 0 Å². The van der Waals surface area contributed by atoms with Gasteiger partial charge in [0.2, 0.25) is 0 Å². The molecule has 1 nitrogen and oxygen atoms in total. The van der Waals surface area contributed by atoms with E-state index in [-0.39, 0.29) is 0 Å². The van der Waals surface area contributed by atoms with Crippen LogP contribution in [0.4, 0.5) is 0 Å². The van der Waals surface area contributed by atoms with Crippen LogP contribution in [0.15, 0.2) is 93.7 Å². The van der Waals surface area contributed by atoms with Gasteiger partial charge in [-0.2, -0.15) is 0 Å². The van der Waals surface area contributed by atoms with Crippen molar-refractivity contribution in [2.24, 2.45) is 0 Å². The van der Waals surface area contributed by atoms with Crippen molar-refractivity contribution in [3.05, 3.63) is 78.9 Å². The fourth-order valence-corrected chi connectivity index (χ4v) is 4.35. The standard InChI is InChI=1S/C21H17NS2/c1-23-21-20(18-9-5-6-10-19(18)22-21)15-11-13-17(14-12-15)24-16-7-3-2-4-8-16/h2-14,22H,1H3. The van der Waals surface area contributed by atoms with Gasteiger partial charge in [0.1, 0.15) is 0 Å². The molecule has 118 valence electrons. The lowest BCUT2D eigenvalue weighted by Crippen LogP contribution is -1.80. The number of para-hydroxylation sites is 1. The molecular weight excluding hydrogens is 330 g/mol. The average Bonchev–Trinajstić information content (AvgIpc) is 3.02. The third kappa shape index (κ3) is 2.97. The highest BCUT2D eigenvalue weighted by Gasteiger charge is 2.12. The molecule has 0 amide bonds. The van der Waals surface area contributed by atoms with Crippen LogP contribution in [0.1, 0.15) is 0 Å². The molecule has 0 aliphatic carbocycles. The van der Waals surface area contributed by atoms with Crippen molar-refractivity contribution < 1.29 is 0 Å². The molecule has 0 bridgehead atoms. The number of nitrogens with one attached hydrogen (secondary N) is 1. The number of fused-ring (bicyclic) bond motifs is 1. The minimum absolute atomic E-state index is 1.19. The van der Waals surface area contributed by atoms with Crippen LogP contribution in [0.3, 0.4) is 0 Å². The van der Waals surface area contributed by atoms with Gasteiger partial charge in [0.25, 0.3) is 0 Å². The van der Waals surface area contributed by atoms with Crippen LogP contribution in [0.25, 0.3) is 22.0 Å². The topological polar surface area (TPSA) is 15.8 Å². The van der Waals surface area contributed by atoms with Crippen LogP contribution >= 0.6 is 23.5 Å². The van der Waals surface area contributed by atoms with Crippen molar-refractivity contribution in [1.29, 1.82) is 0 Å². The van der Waals surface area contributed by atoms with E-state index in [4.69, 9.17) is 0 Å². The van der Waals surface area contributed by atoms with E-state index in [2.05, 4.69) is 84.0 Å². The van der Waals surface area contributed by atoms with Crippen molar-refractivity contribution in [3.63, 3.8) is 0 Å². The quantitative estimate of drug-likeness (QED) is 0.413. The van der Waals surface area contributed by atoms with Crippen LogP contribution < -0.4 is 0 Å². The largest absolute Gasteiger partial charge is 0.349 e. The first-order valence-corrected chi connectivity index (χ1v) is 9.87. The molecule has 0 fully saturated rings. The van der Waals surface area contributed by atoms with Gasteiger partial charge >= 0.3 is 0 Å². The predicted molar refractivity (Wildman–Crippen MR) is 106 cm³/mol. The first-order chi connectivity index (χ1) is 11.8. The fraction of sp³-hybridized carbons (Fsp3) is 0.0476. The number of thioether (sulfide) groups is 1. The minimum atomic E-state index is 1.19. The SMILES string of the molecule is CSc1[nH]c2ccccc2c1-c1ccc(Sc2ccccc2)cc1. The second-order valence-corrected chi connectivity index (χ2v) is 7.48. The van der Waals surface area contributed by atoms with Gasteiger partial charge < -0.3 is 4.98 Å². The first kappa shape index (κ1) is 15.4. The highest BCUT2D eigenvalue weighted by Crippen LogP contribution is 2.38. The Morgan fingerprint density at radius 3 is 2.12 bits per heavy atom. The number of H-pyrrole nitrogens is 1. The van der Waals surface area contributed by atoms with Gasteiger partial charge in [0, 0.05) is 26.3 Å². The molecule has 0 atom stereocenters. The smallest absolute Gasteiger partial charge is 0.0809 e. The fourth-order valence-electron chi connectivity index (χ4n) is 2.87. The van der Waals surface area contributed by atoms with Crippen LogP contribution in [-0.2, 0) is 0 Å². The van der Waals surface area contributed by atoms with Gasteiger partial charge in [0.15, 0.2) is 0 Å². The molecule has 0 aliphatic rings. The molecule has 1 heterocycles. The summed E-state index contributed by atoms with van der Waals surface area (Å²) in [5.74, 6) is 0. The summed E-state index contributed by atoms with van der Waals surface area (Å²) in [5, 5.41) is 2.50. The highest BCUT2D eigenvalue weighted by molar-refractivity contribution is 7.99. The molecule has 4 rings (SSSR count). The Hall–Kier alpha value is -2.10. The Kier molecular flexibility index (Phi) is 4.37. The van der Waals surface area contributed by atoms with E-state index in [1.807, 2.05) is 6.07 Å². The Bertz CT molecular complexity index is 956. The van der Waals surface area contributed by atoms with Crippen LogP contribution in [0.5, 0.6) is 0 Å². The monoisotopic (exact) mass is 347 g/mol. The summed E-state index contributed by atoms with van der Waals surface area (Å²) in [6.07, 6.45) is 2.12. The number of hydrogen-bond donors (Lipinski definition) is 1. The molecule has 1 aromatic heterocycles. The Balaban J connectivity index is 1.70. The van der Waals surface area contributed by atoms with Gasteiger partial charge in [-0.3, -0.25) is 0 Å². The lowest BCUT2D eigenvalue weighted by molar-refractivity contribution is 1.24. The number of hydrogen-bond acceptors (Lipinski definition) is 2. The summed E-state index contributed by atoms with van der Waals surface area (Å²) in [7, 11) is 0. The van der Waals surface area contributed by atoms with Crippen LogP contribution in [-0.4, -0.2) is 11.2 Å². The van der Waals surface area contributed by atoms with Gasteiger partial charge in [-0.25, -0.2) is 0 Å². The maximum absolute atomic E-state index is 3.52. The normalized spacial score (nSPS) is 11.0. The van der Waals surface area contributed by atoms with Gasteiger partial charge in [-0.05, 0) is 42.2 Å². The van der Waals surface area contributed by atoms with Gasteiger partial charge in [-0.1, -0.05) is 60.3 Å². The maximum Gasteiger partial charge on any atom is 0.0809 e. The van der Waals surface area contributed by atoms with Crippen molar-refractivity contribution in [1.82, 2.24) is 4.98 Å².